The van der Waals surface area contributed by atoms with Crippen molar-refractivity contribution in [2.24, 2.45) is 13.0 Å². The van der Waals surface area contributed by atoms with Crippen LogP contribution in [0.4, 0.5) is 0 Å². The summed E-state index contributed by atoms with van der Waals surface area (Å²) in [4.78, 5) is 0.389. The van der Waals surface area contributed by atoms with Gasteiger partial charge in [-0.15, -0.1) is 0 Å². The van der Waals surface area contributed by atoms with E-state index in [0.717, 1.165) is 18.5 Å². The molecule has 0 atom stereocenters. The van der Waals surface area contributed by atoms with Crippen LogP contribution in [-0.4, -0.2) is 51.1 Å². The molecular weight excluding hydrogens is 290 g/mol. The number of hydrogen-bond acceptors (Lipinski definition) is 4. The number of hydrogen-bond donors (Lipinski definition) is 1. The van der Waals surface area contributed by atoms with Crippen LogP contribution < -0.4 is 5.32 Å². The number of piperidine rings is 1. The molecule has 120 valence electrons. The Labute approximate surface area is 127 Å². The lowest BCUT2D eigenvalue weighted by Gasteiger charge is -2.30. The maximum absolute atomic E-state index is 12.7. The molecule has 1 saturated heterocycles. The second-order valence-corrected chi connectivity index (χ2v) is 7.55. The zero-order chi connectivity index (χ0) is 15.5. The monoisotopic (exact) mass is 315 g/mol. The number of aryl methyl sites for hydroxylation is 1. The van der Waals surface area contributed by atoms with Gasteiger partial charge in [0.25, 0.3) is 0 Å². The maximum atomic E-state index is 12.7. The normalized spacial score (nSPS) is 18.2. The average Bonchev–Trinajstić information content (AvgIpc) is 2.82. The van der Waals surface area contributed by atoms with Gasteiger partial charge in [-0.05, 0) is 31.9 Å². The van der Waals surface area contributed by atoms with Crippen LogP contribution in [0.3, 0.4) is 0 Å². The Morgan fingerprint density at radius 3 is 2.62 bits per heavy atom. The number of ether oxygens (including phenoxy) is 1. The first-order valence-electron chi connectivity index (χ1n) is 7.28. The van der Waals surface area contributed by atoms with Crippen LogP contribution >= 0.6 is 0 Å². The first-order valence-corrected chi connectivity index (χ1v) is 8.72. The van der Waals surface area contributed by atoms with Crippen molar-refractivity contribution in [3.05, 3.63) is 18.0 Å². The van der Waals surface area contributed by atoms with Crippen LogP contribution in [0.15, 0.2) is 17.2 Å². The Kier molecular flexibility index (Phi) is 5.43. The molecule has 2 heterocycles. The molecule has 0 aliphatic carbocycles. The molecular formula is C14H25N3O3S. The van der Waals surface area contributed by atoms with Gasteiger partial charge in [0.2, 0.25) is 10.0 Å². The van der Waals surface area contributed by atoms with Crippen LogP contribution in [0.2, 0.25) is 0 Å². The van der Waals surface area contributed by atoms with E-state index in [1.54, 1.807) is 23.7 Å². The molecule has 7 heteroatoms. The van der Waals surface area contributed by atoms with Gasteiger partial charge in [-0.3, -0.25) is 0 Å². The van der Waals surface area contributed by atoms with E-state index in [1.165, 1.54) is 0 Å². The fourth-order valence-corrected chi connectivity index (χ4v) is 4.34. The highest BCUT2D eigenvalue weighted by Gasteiger charge is 2.30. The molecule has 2 rings (SSSR count). The third-order valence-corrected chi connectivity index (χ3v) is 5.92. The summed E-state index contributed by atoms with van der Waals surface area (Å²) in [5.74, 6) is 0.470. The van der Waals surface area contributed by atoms with Crippen LogP contribution in [0.1, 0.15) is 18.5 Å². The summed E-state index contributed by atoms with van der Waals surface area (Å²) in [6.45, 7) is 2.52. The van der Waals surface area contributed by atoms with Gasteiger partial charge in [-0.25, -0.2) is 8.42 Å². The standard InChI is InChI=1S/C14H25N3O3S/c1-15-9-13-8-14(10-16(13)2)21(18,19)17-6-4-12(5-7-17)11-20-3/h8,10,12,15H,4-7,9,11H2,1-3H3. The molecule has 0 aromatic carbocycles. The zero-order valence-electron chi connectivity index (χ0n) is 13.0. The lowest BCUT2D eigenvalue weighted by molar-refractivity contribution is 0.121. The van der Waals surface area contributed by atoms with E-state index in [9.17, 15) is 8.42 Å². The highest BCUT2D eigenvalue weighted by Crippen LogP contribution is 2.25. The molecule has 0 amide bonds. The van der Waals surface area contributed by atoms with Gasteiger partial charge < -0.3 is 14.6 Å². The maximum Gasteiger partial charge on any atom is 0.244 e. The number of aromatic nitrogens is 1. The van der Waals surface area contributed by atoms with E-state index in [1.807, 2.05) is 18.7 Å². The third kappa shape index (κ3) is 3.66. The van der Waals surface area contributed by atoms with Gasteiger partial charge in [-0.1, -0.05) is 0 Å². The Morgan fingerprint density at radius 1 is 1.38 bits per heavy atom. The van der Waals surface area contributed by atoms with E-state index in [2.05, 4.69) is 5.32 Å². The number of nitrogens with zero attached hydrogens (tertiary/aromatic N) is 2. The van der Waals surface area contributed by atoms with Crippen LogP contribution in [0.5, 0.6) is 0 Å². The zero-order valence-corrected chi connectivity index (χ0v) is 13.8. The summed E-state index contributed by atoms with van der Waals surface area (Å²) >= 11 is 0. The molecule has 1 aliphatic rings. The Balaban J connectivity index is 2.10. The molecule has 21 heavy (non-hydrogen) atoms. The predicted molar refractivity (Wildman–Crippen MR) is 81.5 cm³/mol. The lowest BCUT2D eigenvalue weighted by atomic mass is 9.99. The third-order valence-electron chi connectivity index (χ3n) is 4.05. The van der Waals surface area contributed by atoms with Gasteiger partial charge in [-0.2, -0.15) is 4.31 Å². The summed E-state index contributed by atoms with van der Waals surface area (Å²) in [5.41, 5.74) is 0.963. The average molecular weight is 315 g/mol. The molecule has 6 nitrogen and oxygen atoms in total. The van der Waals surface area contributed by atoms with Crippen LogP contribution in [0.25, 0.3) is 0 Å². The molecule has 1 N–H and O–H groups in total. The fraction of sp³-hybridized carbons (Fsp3) is 0.714. The number of sulfonamides is 1. The predicted octanol–water partition coefficient (Wildman–Crippen LogP) is 0.792. The summed E-state index contributed by atoms with van der Waals surface area (Å²) in [6, 6.07) is 1.76. The van der Waals surface area contributed by atoms with Gasteiger partial charge in [0.1, 0.15) is 4.90 Å². The van der Waals surface area contributed by atoms with Gasteiger partial charge in [0.05, 0.1) is 0 Å². The Morgan fingerprint density at radius 2 is 2.05 bits per heavy atom. The Bertz CT molecular complexity index is 560. The molecule has 0 saturated carbocycles. The molecule has 1 aromatic heterocycles. The fourth-order valence-electron chi connectivity index (χ4n) is 2.78. The highest BCUT2D eigenvalue weighted by atomic mass is 32.2. The van der Waals surface area contributed by atoms with Crippen molar-refractivity contribution in [1.82, 2.24) is 14.2 Å². The highest BCUT2D eigenvalue weighted by molar-refractivity contribution is 7.89. The number of methoxy groups -OCH3 is 1. The summed E-state index contributed by atoms with van der Waals surface area (Å²) in [7, 11) is 2.03. The quantitative estimate of drug-likeness (QED) is 0.843. The molecule has 0 spiro atoms. The smallest absolute Gasteiger partial charge is 0.244 e. The van der Waals surface area contributed by atoms with Crippen LogP contribution in [-0.2, 0) is 28.4 Å². The first kappa shape index (κ1) is 16.5. The SMILES string of the molecule is CNCc1cc(S(=O)(=O)N2CCC(COC)CC2)cn1C. The second-order valence-electron chi connectivity index (χ2n) is 5.61. The van der Waals surface area contributed by atoms with E-state index in [0.29, 0.717) is 37.1 Å². The van der Waals surface area contributed by atoms with E-state index in [4.69, 9.17) is 4.74 Å². The Hall–Kier alpha value is -0.890. The van der Waals surface area contributed by atoms with E-state index in [-0.39, 0.29) is 0 Å². The first-order chi connectivity index (χ1) is 9.98. The van der Waals surface area contributed by atoms with Crippen molar-refractivity contribution < 1.29 is 13.2 Å². The number of rotatable bonds is 6. The summed E-state index contributed by atoms with van der Waals surface area (Å²) < 4.78 is 34.0. The molecule has 0 radical (unpaired) electrons. The van der Waals surface area contributed by atoms with Crippen molar-refractivity contribution in [3.63, 3.8) is 0 Å². The topological polar surface area (TPSA) is 63.6 Å². The van der Waals surface area contributed by atoms with Gasteiger partial charge in [0.15, 0.2) is 0 Å². The second kappa shape index (κ2) is 6.91. The molecule has 1 aromatic rings. The molecule has 0 unspecified atom stereocenters. The van der Waals surface area contributed by atoms with Crippen LogP contribution in [0, 0.1) is 5.92 Å². The van der Waals surface area contributed by atoms with E-state index >= 15 is 0 Å². The minimum atomic E-state index is -3.38. The van der Waals surface area contributed by atoms with Gasteiger partial charge >= 0.3 is 0 Å². The van der Waals surface area contributed by atoms with Gasteiger partial charge in [0, 0.05) is 52.3 Å². The minimum absolute atomic E-state index is 0.389. The van der Waals surface area contributed by atoms with E-state index < -0.39 is 10.0 Å². The summed E-state index contributed by atoms with van der Waals surface area (Å²) in [6.07, 6.45) is 3.43. The van der Waals surface area contributed by atoms with Crippen molar-refractivity contribution in [2.45, 2.75) is 24.3 Å². The van der Waals surface area contributed by atoms with Crippen molar-refractivity contribution in [1.29, 1.82) is 0 Å². The number of nitrogens with one attached hydrogen (secondary N) is 1. The largest absolute Gasteiger partial charge is 0.384 e. The minimum Gasteiger partial charge on any atom is -0.384 e. The lowest BCUT2D eigenvalue weighted by Crippen LogP contribution is -2.39. The molecule has 0 bridgehead atoms. The van der Waals surface area contributed by atoms with Crippen molar-refractivity contribution in [2.75, 3.05) is 33.9 Å². The molecule has 1 fully saturated rings. The van der Waals surface area contributed by atoms with Crippen molar-refractivity contribution in [3.8, 4) is 0 Å². The van der Waals surface area contributed by atoms with Crippen molar-refractivity contribution >= 4 is 10.0 Å². The molecule has 1 aliphatic heterocycles. The summed E-state index contributed by atoms with van der Waals surface area (Å²) in [5, 5.41) is 3.05.